The Morgan fingerprint density at radius 1 is 1.23 bits per heavy atom. The number of nitrogens with one attached hydrogen (secondary N) is 1. The van der Waals surface area contributed by atoms with Crippen LogP contribution in [0.3, 0.4) is 0 Å². The highest BCUT2D eigenvalue weighted by atomic mass is 16.5. The Morgan fingerprint density at radius 3 is 2.42 bits per heavy atom. The summed E-state index contributed by atoms with van der Waals surface area (Å²) < 4.78 is 5.94. The first kappa shape index (κ1) is 17.8. The van der Waals surface area contributed by atoms with E-state index in [4.69, 9.17) is 10.00 Å². The van der Waals surface area contributed by atoms with Crippen LogP contribution in [0.5, 0.6) is 5.75 Å². The minimum atomic E-state index is -0.454. The lowest BCUT2D eigenvalue weighted by molar-refractivity contribution is -0.128. The number of hydrogen-bond acceptors (Lipinski definition) is 3. The van der Waals surface area contributed by atoms with Crippen LogP contribution in [0.15, 0.2) is 61.2 Å². The van der Waals surface area contributed by atoms with Gasteiger partial charge in [-0.05, 0) is 48.7 Å². The number of hydrogen-bond donors (Lipinski definition) is 1. The van der Waals surface area contributed by atoms with E-state index in [1.165, 1.54) is 0 Å². The number of allylic oxidation sites excluding steroid dienone is 1. The van der Waals surface area contributed by atoms with Crippen molar-refractivity contribution in [2.24, 2.45) is 11.3 Å². The number of rotatable bonds is 6. The van der Waals surface area contributed by atoms with Crippen LogP contribution < -0.4 is 10.1 Å². The lowest BCUT2D eigenvalue weighted by Crippen LogP contribution is -2.34. The molecule has 3 rings (SSSR count). The van der Waals surface area contributed by atoms with Gasteiger partial charge in [0.2, 0.25) is 5.91 Å². The van der Waals surface area contributed by atoms with Gasteiger partial charge in [0.25, 0.3) is 0 Å². The molecule has 4 heteroatoms. The molecule has 1 N–H and O–H groups in total. The van der Waals surface area contributed by atoms with Crippen LogP contribution >= 0.6 is 0 Å². The van der Waals surface area contributed by atoms with Crippen molar-refractivity contribution in [3.8, 4) is 22.9 Å². The summed E-state index contributed by atoms with van der Waals surface area (Å²) >= 11 is 0. The molecule has 1 amide bonds. The van der Waals surface area contributed by atoms with Gasteiger partial charge in [0.05, 0.1) is 23.7 Å². The maximum atomic E-state index is 12.1. The summed E-state index contributed by atoms with van der Waals surface area (Å²) in [6.07, 6.45) is 2.44. The Balaban J connectivity index is 1.65. The van der Waals surface area contributed by atoms with E-state index >= 15 is 0 Å². The Bertz CT molecular complexity index is 834. The third-order valence-electron chi connectivity index (χ3n) is 5.15. The number of ether oxygens (including phenoxy) is 1. The Morgan fingerprint density at radius 2 is 1.85 bits per heavy atom. The zero-order chi connectivity index (χ0) is 18.6. The van der Waals surface area contributed by atoms with E-state index in [0.717, 1.165) is 16.9 Å². The van der Waals surface area contributed by atoms with Gasteiger partial charge >= 0.3 is 0 Å². The monoisotopic (exact) mass is 346 g/mol. The molecule has 1 heterocycles. The first-order valence-corrected chi connectivity index (χ1v) is 8.69. The van der Waals surface area contributed by atoms with Crippen molar-refractivity contribution in [3.05, 3.63) is 66.7 Å². The molecular weight excluding hydrogens is 324 g/mol. The molecule has 132 valence electrons. The van der Waals surface area contributed by atoms with Crippen LogP contribution in [-0.4, -0.2) is 19.1 Å². The van der Waals surface area contributed by atoms with Crippen molar-refractivity contribution < 1.29 is 9.53 Å². The number of carbonyl (C=O) groups is 1. The van der Waals surface area contributed by atoms with Gasteiger partial charge in [-0.15, -0.1) is 6.58 Å². The van der Waals surface area contributed by atoms with Crippen LogP contribution in [0.2, 0.25) is 0 Å². The summed E-state index contributed by atoms with van der Waals surface area (Å²) in [6.45, 7) is 6.86. The summed E-state index contributed by atoms with van der Waals surface area (Å²) in [7, 11) is 0. The quantitative estimate of drug-likeness (QED) is 0.806. The van der Waals surface area contributed by atoms with E-state index < -0.39 is 5.41 Å². The summed E-state index contributed by atoms with van der Waals surface area (Å²) in [5.74, 6) is 0.969. The fraction of sp³-hybridized carbons (Fsp3) is 0.273. The molecule has 2 unspecified atom stereocenters. The van der Waals surface area contributed by atoms with Gasteiger partial charge in [-0.25, -0.2) is 0 Å². The molecule has 0 saturated carbocycles. The molecule has 4 nitrogen and oxygen atoms in total. The topological polar surface area (TPSA) is 62.1 Å². The predicted molar refractivity (Wildman–Crippen MR) is 102 cm³/mol. The van der Waals surface area contributed by atoms with Gasteiger partial charge in [0.15, 0.2) is 0 Å². The van der Waals surface area contributed by atoms with Crippen molar-refractivity contribution in [2.45, 2.75) is 13.3 Å². The minimum absolute atomic E-state index is 0.0714. The van der Waals surface area contributed by atoms with Gasteiger partial charge in [0.1, 0.15) is 5.75 Å². The van der Waals surface area contributed by atoms with Crippen molar-refractivity contribution in [2.75, 3.05) is 13.2 Å². The van der Waals surface area contributed by atoms with E-state index in [-0.39, 0.29) is 11.8 Å². The van der Waals surface area contributed by atoms with Crippen molar-refractivity contribution in [3.63, 3.8) is 0 Å². The molecule has 0 radical (unpaired) electrons. The molecule has 2 aromatic carbocycles. The molecule has 0 aromatic heterocycles. The molecule has 0 aliphatic carbocycles. The van der Waals surface area contributed by atoms with Crippen LogP contribution in [0.25, 0.3) is 11.1 Å². The average Bonchev–Trinajstić information content (AvgIpc) is 2.95. The van der Waals surface area contributed by atoms with Crippen LogP contribution in [0.1, 0.15) is 18.9 Å². The summed E-state index contributed by atoms with van der Waals surface area (Å²) in [6, 6.07) is 17.5. The maximum absolute atomic E-state index is 12.1. The smallest absolute Gasteiger partial charge is 0.226 e. The van der Waals surface area contributed by atoms with E-state index in [2.05, 4.69) is 18.0 Å². The number of carbonyl (C=O) groups excluding carboxylic acids is 1. The number of nitrogens with zero attached hydrogens (tertiary/aromatic N) is 1. The van der Waals surface area contributed by atoms with Crippen molar-refractivity contribution in [1.29, 1.82) is 5.26 Å². The fourth-order valence-electron chi connectivity index (χ4n) is 3.31. The molecule has 2 aromatic rings. The fourth-order valence-corrected chi connectivity index (χ4v) is 3.31. The summed E-state index contributed by atoms with van der Waals surface area (Å²) in [5, 5.41) is 11.8. The molecule has 0 bridgehead atoms. The third kappa shape index (κ3) is 3.48. The van der Waals surface area contributed by atoms with E-state index in [1.54, 1.807) is 6.08 Å². The normalized spacial score (nSPS) is 21.7. The maximum Gasteiger partial charge on any atom is 0.226 e. The highest BCUT2D eigenvalue weighted by molar-refractivity contribution is 5.85. The van der Waals surface area contributed by atoms with Gasteiger partial charge in [0, 0.05) is 12.5 Å². The summed E-state index contributed by atoms with van der Waals surface area (Å²) in [5.41, 5.74) is 2.32. The molecule has 26 heavy (non-hydrogen) atoms. The second-order valence-corrected chi connectivity index (χ2v) is 6.84. The Kier molecular flexibility index (Phi) is 5.09. The van der Waals surface area contributed by atoms with Crippen LogP contribution in [0.4, 0.5) is 0 Å². The largest absolute Gasteiger partial charge is 0.493 e. The zero-order valence-corrected chi connectivity index (χ0v) is 14.9. The van der Waals surface area contributed by atoms with Gasteiger partial charge < -0.3 is 10.1 Å². The van der Waals surface area contributed by atoms with Crippen molar-refractivity contribution >= 4 is 5.91 Å². The molecular formula is C22H22N2O2. The van der Waals surface area contributed by atoms with Crippen molar-refractivity contribution in [1.82, 2.24) is 5.32 Å². The number of amides is 1. The molecule has 1 saturated heterocycles. The van der Waals surface area contributed by atoms with Crippen LogP contribution in [0, 0.1) is 22.7 Å². The number of benzene rings is 2. The lowest BCUT2D eigenvalue weighted by atomic mass is 9.77. The highest BCUT2D eigenvalue weighted by Gasteiger charge is 2.45. The molecule has 0 spiro atoms. The standard InChI is InChI=1S/C22H22N2O2/c1-3-12-22(2)19(14-24-21(22)25)15-26-20-10-8-18(9-11-20)17-6-4-16(13-23)5-7-17/h3-11,19H,1,12,14-15H2,2H3,(H,24,25). The Labute approximate surface area is 154 Å². The van der Waals surface area contributed by atoms with Gasteiger partial charge in [-0.3, -0.25) is 4.79 Å². The third-order valence-corrected chi connectivity index (χ3v) is 5.15. The predicted octanol–water partition coefficient (Wildman–Crippen LogP) is 3.93. The van der Waals surface area contributed by atoms with Crippen LogP contribution in [-0.2, 0) is 4.79 Å². The minimum Gasteiger partial charge on any atom is -0.493 e. The molecule has 2 atom stereocenters. The van der Waals surface area contributed by atoms with Gasteiger partial charge in [-0.1, -0.05) is 30.3 Å². The molecule has 1 fully saturated rings. The van der Waals surface area contributed by atoms with E-state index in [9.17, 15) is 4.79 Å². The molecule has 1 aliphatic heterocycles. The van der Waals surface area contributed by atoms with E-state index in [1.807, 2.05) is 55.5 Å². The zero-order valence-electron chi connectivity index (χ0n) is 14.9. The summed E-state index contributed by atoms with van der Waals surface area (Å²) in [4.78, 5) is 12.1. The Hall–Kier alpha value is -3.06. The van der Waals surface area contributed by atoms with E-state index in [0.29, 0.717) is 25.1 Å². The molecule has 1 aliphatic rings. The first-order chi connectivity index (χ1) is 12.6. The first-order valence-electron chi connectivity index (χ1n) is 8.69. The second-order valence-electron chi connectivity index (χ2n) is 6.84. The average molecular weight is 346 g/mol. The van der Waals surface area contributed by atoms with Gasteiger partial charge in [-0.2, -0.15) is 5.26 Å². The number of nitriles is 1. The SMILES string of the molecule is C=CCC1(C)C(=O)NCC1COc1ccc(-c2ccc(C#N)cc2)cc1. The highest BCUT2D eigenvalue weighted by Crippen LogP contribution is 2.36. The lowest BCUT2D eigenvalue weighted by Gasteiger charge is -2.27. The second kappa shape index (κ2) is 7.45.